The summed E-state index contributed by atoms with van der Waals surface area (Å²) in [6.07, 6.45) is 5.65. The van der Waals surface area contributed by atoms with E-state index in [0.717, 1.165) is 12.1 Å². The second-order valence-corrected chi connectivity index (χ2v) is 6.28. The van der Waals surface area contributed by atoms with E-state index in [1.165, 1.54) is 38.8 Å². The van der Waals surface area contributed by atoms with Crippen molar-refractivity contribution in [1.82, 2.24) is 9.80 Å². The van der Waals surface area contributed by atoms with Crippen molar-refractivity contribution in [3.05, 3.63) is 0 Å². The smallest absolute Gasteiger partial charge is 0.0124 e. The molecule has 15 heavy (non-hydrogen) atoms. The molecule has 2 rings (SSSR count). The molecule has 1 saturated carbocycles. The van der Waals surface area contributed by atoms with Gasteiger partial charge in [-0.3, -0.25) is 4.90 Å². The minimum Gasteiger partial charge on any atom is -0.300 e. The Morgan fingerprint density at radius 2 is 1.53 bits per heavy atom. The predicted octanol–water partition coefficient (Wildman–Crippen LogP) is 2.34. The second kappa shape index (κ2) is 4.06. The van der Waals surface area contributed by atoms with E-state index in [9.17, 15) is 0 Å². The molecule has 1 aliphatic carbocycles. The van der Waals surface area contributed by atoms with Crippen LogP contribution in [-0.4, -0.2) is 47.6 Å². The topological polar surface area (TPSA) is 6.48 Å². The van der Waals surface area contributed by atoms with Crippen LogP contribution >= 0.6 is 0 Å². The summed E-state index contributed by atoms with van der Waals surface area (Å²) in [6.45, 7) is 9.62. The minimum absolute atomic E-state index is 0.326. The SMILES string of the molecule is CN(C1CCN(C2CC2)CC1)C(C)(C)C. The van der Waals surface area contributed by atoms with Crippen molar-refractivity contribution in [3.8, 4) is 0 Å². The van der Waals surface area contributed by atoms with E-state index in [-0.39, 0.29) is 0 Å². The van der Waals surface area contributed by atoms with Gasteiger partial charge in [-0.25, -0.2) is 0 Å². The lowest BCUT2D eigenvalue weighted by molar-refractivity contribution is 0.0620. The molecule has 0 bridgehead atoms. The molecule has 1 heterocycles. The first-order chi connectivity index (χ1) is 6.98. The Labute approximate surface area is 94.6 Å². The molecule has 88 valence electrons. The average molecular weight is 210 g/mol. The third-order valence-corrected chi connectivity index (χ3v) is 4.17. The van der Waals surface area contributed by atoms with Crippen molar-refractivity contribution >= 4 is 0 Å². The Morgan fingerprint density at radius 3 is 1.93 bits per heavy atom. The third kappa shape index (κ3) is 2.73. The number of nitrogens with zero attached hydrogens (tertiary/aromatic N) is 2. The van der Waals surface area contributed by atoms with Crippen LogP contribution in [0, 0.1) is 0 Å². The molecule has 2 nitrogen and oxygen atoms in total. The zero-order valence-electron chi connectivity index (χ0n) is 10.8. The van der Waals surface area contributed by atoms with Gasteiger partial charge in [0.25, 0.3) is 0 Å². The van der Waals surface area contributed by atoms with Crippen LogP contribution in [0.1, 0.15) is 46.5 Å². The van der Waals surface area contributed by atoms with Crippen LogP contribution in [-0.2, 0) is 0 Å². The van der Waals surface area contributed by atoms with Gasteiger partial charge < -0.3 is 4.90 Å². The highest BCUT2D eigenvalue weighted by molar-refractivity contribution is 4.90. The maximum Gasteiger partial charge on any atom is 0.0124 e. The highest BCUT2D eigenvalue weighted by Gasteiger charge is 2.34. The molecule has 0 atom stereocenters. The number of rotatable bonds is 2. The Balaban J connectivity index is 1.81. The molecule has 0 N–H and O–H groups in total. The van der Waals surface area contributed by atoms with Gasteiger partial charge in [0.1, 0.15) is 0 Å². The molecular formula is C13H26N2. The van der Waals surface area contributed by atoms with E-state index in [4.69, 9.17) is 0 Å². The van der Waals surface area contributed by atoms with Crippen molar-refractivity contribution in [1.29, 1.82) is 0 Å². The molecular weight excluding hydrogens is 184 g/mol. The van der Waals surface area contributed by atoms with E-state index >= 15 is 0 Å². The molecule has 0 amide bonds. The van der Waals surface area contributed by atoms with Gasteiger partial charge in [0.2, 0.25) is 0 Å². The molecule has 1 aliphatic heterocycles. The number of likely N-dealkylation sites (tertiary alicyclic amines) is 1. The van der Waals surface area contributed by atoms with Gasteiger partial charge in [-0.1, -0.05) is 0 Å². The first-order valence-corrected chi connectivity index (χ1v) is 6.45. The van der Waals surface area contributed by atoms with E-state index < -0.39 is 0 Å². The largest absolute Gasteiger partial charge is 0.300 e. The standard InChI is InChI=1S/C13H26N2/c1-13(2,3)14(4)11-7-9-15(10-8-11)12-5-6-12/h11-12H,5-10H2,1-4H3. The highest BCUT2D eigenvalue weighted by Crippen LogP contribution is 2.31. The van der Waals surface area contributed by atoms with Crippen LogP contribution in [0.25, 0.3) is 0 Å². The fraction of sp³-hybridized carbons (Fsp3) is 1.00. The van der Waals surface area contributed by atoms with E-state index in [1.54, 1.807) is 0 Å². The van der Waals surface area contributed by atoms with E-state index in [1.807, 2.05) is 0 Å². The Morgan fingerprint density at radius 1 is 1.00 bits per heavy atom. The molecule has 0 spiro atoms. The summed E-state index contributed by atoms with van der Waals surface area (Å²) in [4.78, 5) is 5.27. The second-order valence-electron chi connectivity index (χ2n) is 6.28. The van der Waals surface area contributed by atoms with Gasteiger partial charge in [-0.2, -0.15) is 0 Å². The summed E-state index contributed by atoms with van der Waals surface area (Å²) in [6, 6.07) is 1.77. The van der Waals surface area contributed by atoms with E-state index in [0.29, 0.717) is 5.54 Å². The molecule has 2 heteroatoms. The lowest BCUT2D eigenvalue weighted by Crippen LogP contribution is -2.50. The van der Waals surface area contributed by atoms with Gasteiger partial charge >= 0.3 is 0 Å². The summed E-state index contributed by atoms with van der Waals surface area (Å²) >= 11 is 0. The van der Waals surface area contributed by atoms with Crippen LogP contribution in [0.15, 0.2) is 0 Å². The van der Waals surface area contributed by atoms with Crippen molar-refractivity contribution in [2.45, 2.75) is 64.1 Å². The van der Waals surface area contributed by atoms with Crippen LogP contribution < -0.4 is 0 Å². The zero-order chi connectivity index (χ0) is 11.1. The first kappa shape index (κ1) is 11.4. The van der Waals surface area contributed by atoms with Gasteiger partial charge in [0.15, 0.2) is 0 Å². The Kier molecular flexibility index (Phi) is 3.09. The van der Waals surface area contributed by atoms with Crippen molar-refractivity contribution in [2.24, 2.45) is 0 Å². The number of hydrogen-bond donors (Lipinski definition) is 0. The molecule has 0 unspecified atom stereocenters. The van der Waals surface area contributed by atoms with Crippen LogP contribution in [0.3, 0.4) is 0 Å². The van der Waals surface area contributed by atoms with Crippen molar-refractivity contribution in [2.75, 3.05) is 20.1 Å². The molecule has 0 aromatic heterocycles. The van der Waals surface area contributed by atoms with Crippen molar-refractivity contribution < 1.29 is 0 Å². The summed E-state index contributed by atoms with van der Waals surface area (Å²) in [5, 5.41) is 0. The fourth-order valence-electron chi connectivity index (χ4n) is 2.63. The minimum atomic E-state index is 0.326. The van der Waals surface area contributed by atoms with Crippen LogP contribution in [0.4, 0.5) is 0 Å². The Bertz CT molecular complexity index is 207. The van der Waals surface area contributed by atoms with Crippen molar-refractivity contribution in [3.63, 3.8) is 0 Å². The quantitative estimate of drug-likeness (QED) is 0.690. The monoisotopic (exact) mass is 210 g/mol. The predicted molar refractivity (Wildman–Crippen MR) is 65.1 cm³/mol. The number of piperidine rings is 1. The summed E-state index contributed by atoms with van der Waals surface area (Å²) < 4.78 is 0. The van der Waals surface area contributed by atoms with Gasteiger partial charge in [-0.05, 0) is 66.6 Å². The Hall–Kier alpha value is -0.0800. The highest BCUT2D eigenvalue weighted by atomic mass is 15.2. The zero-order valence-corrected chi connectivity index (χ0v) is 10.8. The molecule has 0 aromatic rings. The summed E-state index contributed by atoms with van der Waals surface area (Å²) in [5.74, 6) is 0. The molecule has 0 radical (unpaired) electrons. The normalized spacial score (nSPS) is 26.2. The molecule has 1 saturated heterocycles. The molecule has 0 aromatic carbocycles. The lowest BCUT2D eigenvalue weighted by Gasteiger charge is -2.43. The average Bonchev–Trinajstić information content (AvgIpc) is 2.99. The first-order valence-electron chi connectivity index (χ1n) is 6.45. The number of hydrogen-bond acceptors (Lipinski definition) is 2. The van der Waals surface area contributed by atoms with E-state index in [2.05, 4.69) is 37.6 Å². The fourth-order valence-corrected chi connectivity index (χ4v) is 2.63. The maximum atomic E-state index is 2.70. The molecule has 2 fully saturated rings. The maximum absolute atomic E-state index is 2.70. The summed E-state index contributed by atoms with van der Waals surface area (Å²) in [7, 11) is 2.29. The van der Waals surface area contributed by atoms with Gasteiger partial charge in [0.05, 0.1) is 0 Å². The molecule has 2 aliphatic rings. The summed E-state index contributed by atoms with van der Waals surface area (Å²) in [5.41, 5.74) is 0.326. The third-order valence-electron chi connectivity index (χ3n) is 4.17. The van der Waals surface area contributed by atoms with Gasteiger partial charge in [-0.15, -0.1) is 0 Å². The van der Waals surface area contributed by atoms with Crippen LogP contribution in [0.2, 0.25) is 0 Å². The van der Waals surface area contributed by atoms with Crippen LogP contribution in [0.5, 0.6) is 0 Å². The van der Waals surface area contributed by atoms with Gasteiger partial charge in [0, 0.05) is 17.6 Å². The lowest BCUT2D eigenvalue weighted by atomic mass is 9.97.